The fourth-order valence-corrected chi connectivity index (χ4v) is 3.09. The number of hydrogen-bond donors (Lipinski definition) is 1. The molecule has 158 valence electrons. The fourth-order valence-electron chi connectivity index (χ4n) is 2.46. The number of ether oxygens (including phenoxy) is 1. The number of aromatic nitrogens is 3. The number of nitrogens with zero attached hydrogens (tertiary/aromatic N) is 3. The van der Waals surface area contributed by atoms with Crippen LogP contribution in [0.25, 0.3) is 5.69 Å². The predicted molar refractivity (Wildman–Crippen MR) is 100 cm³/mol. The number of carbonyl (C=O) groups is 1. The largest absolute Gasteiger partial charge is 0.484 e. The van der Waals surface area contributed by atoms with Crippen molar-refractivity contribution in [3.05, 3.63) is 60.7 Å². The van der Waals surface area contributed by atoms with E-state index in [0.717, 1.165) is 24.5 Å². The Hall–Kier alpha value is -3.41. The highest BCUT2D eigenvalue weighted by atomic mass is 32.2. The number of alkyl halides is 3. The van der Waals surface area contributed by atoms with E-state index in [1.165, 1.54) is 41.6 Å². The molecular weight excluding hydrogens is 425 g/mol. The van der Waals surface area contributed by atoms with Crippen molar-refractivity contribution in [2.75, 3.05) is 18.2 Å². The van der Waals surface area contributed by atoms with Crippen molar-refractivity contribution in [1.82, 2.24) is 14.8 Å². The van der Waals surface area contributed by atoms with E-state index in [4.69, 9.17) is 4.74 Å². The van der Waals surface area contributed by atoms with Gasteiger partial charge in [-0.15, -0.1) is 0 Å². The Bertz CT molecular complexity index is 1150. The monoisotopic (exact) mass is 440 g/mol. The third-order valence-electron chi connectivity index (χ3n) is 3.89. The van der Waals surface area contributed by atoms with Gasteiger partial charge in [-0.05, 0) is 42.5 Å². The molecule has 0 aliphatic carbocycles. The number of rotatable bonds is 6. The van der Waals surface area contributed by atoms with Gasteiger partial charge in [0.25, 0.3) is 5.91 Å². The molecule has 0 spiro atoms. The Morgan fingerprint density at radius 3 is 2.43 bits per heavy atom. The highest BCUT2D eigenvalue weighted by molar-refractivity contribution is 7.90. The molecule has 3 rings (SSSR count). The summed E-state index contributed by atoms with van der Waals surface area (Å²) >= 11 is 0. The van der Waals surface area contributed by atoms with Crippen molar-refractivity contribution in [1.29, 1.82) is 0 Å². The molecule has 1 N–H and O–H groups in total. The Labute approximate surface area is 169 Å². The Balaban J connectivity index is 1.75. The molecule has 3 aromatic rings. The van der Waals surface area contributed by atoms with Crippen molar-refractivity contribution in [2.24, 2.45) is 0 Å². The molecule has 0 bridgehead atoms. The molecule has 1 amide bonds. The van der Waals surface area contributed by atoms with Crippen molar-refractivity contribution < 1.29 is 31.1 Å². The lowest BCUT2D eigenvalue weighted by atomic mass is 10.1. The van der Waals surface area contributed by atoms with Gasteiger partial charge >= 0.3 is 6.18 Å². The molecule has 0 radical (unpaired) electrons. The Kier molecular flexibility index (Phi) is 5.78. The minimum Gasteiger partial charge on any atom is -0.484 e. The van der Waals surface area contributed by atoms with E-state index in [2.05, 4.69) is 15.4 Å². The Morgan fingerprint density at radius 2 is 1.87 bits per heavy atom. The van der Waals surface area contributed by atoms with Gasteiger partial charge in [0.1, 0.15) is 18.4 Å². The van der Waals surface area contributed by atoms with Crippen LogP contribution in [0.5, 0.6) is 5.75 Å². The van der Waals surface area contributed by atoms with Gasteiger partial charge < -0.3 is 10.1 Å². The van der Waals surface area contributed by atoms with Gasteiger partial charge in [0.15, 0.2) is 16.4 Å². The van der Waals surface area contributed by atoms with Crippen molar-refractivity contribution in [2.45, 2.75) is 11.1 Å². The van der Waals surface area contributed by atoms with E-state index in [9.17, 15) is 26.4 Å². The fraction of sp³-hybridized carbons (Fsp3) is 0.167. The van der Waals surface area contributed by atoms with Crippen LogP contribution in [0, 0.1) is 0 Å². The smallest absolute Gasteiger partial charge is 0.416 e. The number of anilines is 1. The second-order valence-electron chi connectivity index (χ2n) is 6.15. The van der Waals surface area contributed by atoms with Crippen LogP contribution in [0.1, 0.15) is 5.56 Å². The molecular formula is C18H15F3N4O4S. The third-order valence-corrected chi connectivity index (χ3v) is 5.01. The zero-order valence-electron chi connectivity index (χ0n) is 15.4. The number of benzene rings is 2. The van der Waals surface area contributed by atoms with Crippen LogP contribution < -0.4 is 10.1 Å². The first kappa shape index (κ1) is 21.3. The summed E-state index contributed by atoms with van der Waals surface area (Å²) in [6, 6.07) is 8.19. The summed E-state index contributed by atoms with van der Waals surface area (Å²) < 4.78 is 68.5. The maximum atomic E-state index is 13.1. The standard InChI is InChI=1S/C18H15F3N4O4S/c1-30(27,28)14-5-3-13(4-6-14)29-9-17(26)24-15-8-12(18(19,20)21)2-7-16(15)25-11-22-10-23-25/h2-8,10-11H,9H2,1H3,(H,24,26). The summed E-state index contributed by atoms with van der Waals surface area (Å²) in [7, 11) is -3.37. The highest BCUT2D eigenvalue weighted by Gasteiger charge is 2.31. The zero-order chi connectivity index (χ0) is 21.9. The molecule has 30 heavy (non-hydrogen) atoms. The number of halogens is 3. The minimum atomic E-state index is -4.60. The maximum absolute atomic E-state index is 13.1. The summed E-state index contributed by atoms with van der Waals surface area (Å²) in [6.07, 6.45) is -1.07. The lowest BCUT2D eigenvalue weighted by Crippen LogP contribution is -2.21. The molecule has 0 unspecified atom stereocenters. The summed E-state index contributed by atoms with van der Waals surface area (Å²) in [5.41, 5.74) is -0.887. The first-order valence-corrected chi connectivity index (χ1v) is 10.2. The predicted octanol–water partition coefficient (Wildman–Crippen LogP) is 2.71. The molecule has 1 heterocycles. The Morgan fingerprint density at radius 1 is 1.17 bits per heavy atom. The maximum Gasteiger partial charge on any atom is 0.416 e. The summed E-state index contributed by atoms with van der Waals surface area (Å²) in [5, 5.41) is 6.23. The van der Waals surface area contributed by atoms with E-state index >= 15 is 0 Å². The minimum absolute atomic E-state index is 0.0840. The van der Waals surface area contributed by atoms with Gasteiger partial charge in [0, 0.05) is 6.26 Å². The molecule has 8 nitrogen and oxygen atoms in total. The van der Waals surface area contributed by atoms with Gasteiger partial charge in [0.2, 0.25) is 0 Å². The van der Waals surface area contributed by atoms with Crippen LogP contribution in [0.2, 0.25) is 0 Å². The molecule has 0 saturated carbocycles. The van der Waals surface area contributed by atoms with E-state index in [1.54, 1.807) is 0 Å². The highest BCUT2D eigenvalue weighted by Crippen LogP contribution is 2.33. The first-order chi connectivity index (χ1) is 14.0. The number of amides is 1. The molecule has 0 aliphatic heterocycles. The summed E-state index contributed by atoms with van der Waals surface area (Å²) in [5.74, 6) is -0.499. The van der Waals surface area contributed by atoms with E-state index in [1.807, 2.05) is 0 Å². The van der Waals surface area contributed by atoms with Gasteiger partial charge in [-0.2, -0.15) is 18.3 Å². The molecule has 0 atom stereocenters. The van der Waals surface area contributed by atoms with Crippen LogP contribution >= 0.6 is 0 Å². The number of hydrogen-bond acceptors (Lipinski definition) is 6. The topological polar surface area (TPSA) is 103 Å². The van der Waals surface area contributed by atoms with Gasteiger partial charge in [-0.3, -0.25) is 4.79 Å². The number of nitrogens with one attached hydrogen (secondary N) is 1. The third kappa shape index (κ3) is 5.14. The normalized spacial score (nSPS) is 11.9. The second kappa shape index (κ2) is 8.14. The number of carbonyl (C=O) groups excluding carboxylic acids is 1. The van der Waals surface area contributed by atoms with E-state index in [-0.39, 0.29) is 22.0 Å². The van der Waals surface area contributed by atoms with Crippen molar-refractivity contribution in [3.63, 3.8) is 0 Å². The molecule has 12 heteroatoms. The van der Waals surface area contributed by atoms with Gasteiger partial charge in [-0.1, -0.05) is 0 Å². The molecule has 1 aromatic heterocycles. The van der Waals surface area contributed by atoms with Crippen LogP contribution in [-0.2, 0) is 20.8 Å². The van der Waals surface area contributed by atoms with E-state index in [0.29, 0.717) is 0 Å². The van der Waals surface area contributed by atoms with Crippen molar-refractivity contribution in [3.8, 4) is 11.4 Å². The lowest BCUT2D eigenvalue weighted by Gasteiger charge is -2.14. The van der Waals surface area contributed by atoms with Crippen LogP contribution in [0.3, 0.4) is 0 Å². The lowest BCUT2D eigenvalue weighted by molar-refractivity contribution is -0.137. The average molecular weight is 440 g/mol. The molecule has 0 aliphatic rings. The molecule has 2 aromatic carbocycles. The zero-order valence-corrected chi connectivity index (χ0v) is 16.2. The van der Waals surface area contributed by atoms with Gasteiger partial charge in [-0.25, -0.2) is 18.1 Å². The van der Waals surface area contributed by atoms with Gasteiger partial charge in [0.05, 0.1) is 21.8 Å². The number of sulfone groups is 1. The summed E-state index contributed by atoms with van der Waals surface area (Å²) in [4.78, 5) is 16.1. The van der Waals surface area contributed by atoms with Crippen LogP contribution in [-0.4, -0.2) is 42.0 Å². The van der Waals surface area contributed by atoms with Crippen LogP contribution in [0.15, 0.2) is 60.0 Å². The average Bonchev–Trinajstić information content (AvgIpc) is 3.20. The SMILES string of the molecule is CS(=O)(=O)c1ccc(OCC(=O)Nc2cc(C(F)(F)F)ccc2-n2cncn2)cc1. The van der Waals surface area contributed by atoms with E-state index < -0.39 is 34.1 Å². The second-order valence-corrected chi connectivity index (χ2v) is 8.17. The molecule has 0 fully saturated rings. The van der Waals surface area contributed by atoms with Crippen molar-refractivity contribution >= 4 is 21.4 Å². The first-order valence-electron chi connectivity index (χ1n) is 8.33. The summed E-state index contributed by atoms with van der Waals surface area (Å²) in [6.45, 7) is -0.509. The van der Waals surface area contributed by atoms with Crippen LogP contribution in [0.4, 0.5) is 18.9 Å². The quantitative estimate of drug-likeness (QED) is 0.632. The molecule has 0 saturated heterocycles.